The molecule has 0 spiro atoms. The topological polar surface area (TPSA) is 64.8 Å². The maximum absolute atomic E-state index is 13.6. The predicted octanol–water partition coefficient (Wildman–Crippen LogP) is 2.37. The van der Waals surface area contributed by atoms with Crippen molar-refractivity contribution in [2.24, 2.45) is 5.41 Å². The smallest absolute Gasteiger partial charge is 0.330 e. The molecule has 1 aliphatic heterocycles. The summed E-state index contributed by atoms with van der Waals surface area (Å²) in [5.41, 5.74) is 5.50. The number of nitrogens with zero attached hydrogens (tertiary/aromatic N) is 1. The van der Waals surface area contributed by atoms with E-state index < -0.39 is 11.2 Å². The van der Waals surface area contributed by atoms with Gasteiger partial charge in [-0.3, -0.25) is 0 Å². The van der Waals surface area contributed by atoms with Crippen molar-refractivity contribution >= 4 is 11.7 Å². The lowest BCUT2D eigenvalue weighted by Crippen LogP contribution is -2.33. The van der Waals surface area contributed by atoms with E-state index >= 15 is 0 Å². The van der Waals surface area contributed by atoms with Crippen LogP contribution in [0.15, 0.2) is 18.2 Å². The monoisotopic (exact) mass is 296 g/mol. The van der Waals surface area contributed by atoms with Gasteiger partial charge in [0, 0.05) is 24.7 Å². The number of rotatable bonds is 3. The van der Waals surface area contributed by atoms with Crippen LogP contribution in [0.1, 0.15) is 27.2 Å². The molecule has 1 aliphatic rings. The molecule has 21 heavy (non-hydrogen) atoms. The molecule has 1 atom stereocenters. The number of halogens is 1. The summed E-state index contributed by atoms with van der Waals surface area (Å²) in [4.78, 5) is 17.1. The zero-order chi connectivity index (χ0) is 15.6. The quantitative estimate of drug-likeness (QED) is 0.867. The number of carbonyl (C=O) groups excluding carboxylic acids is 1. The maximum Gasteiger partial charge on any atom is 0.330 e. The third-order valence-electron chi connectivity index (χ3n) is 3.18. The van der Waals surface area contributed by atoms with Crippen LogP contribution in [0.5, 0.6) is 5.75 Å². The first-order chi connectivity index (χ1) is 9.75. The van der Waals surface area contributed by atoms with Crippen molar-refractivity contribution in [1.29, 1.82) is 0 Å². The molecule has 6 heteroatoms. The highest BCUT2D eigenvalue weighted by Gasteiger charge is 2.31. The molecule has 2 rings (SSSR count). The SMILES string of the molecule is CC(C)(C)C(=O)ON1CC[C@H](Oc2cc(N)ccc2F)C1. The van der Waals surface area contributed by atoms with Gasteiger partial charge in [-0.1, -0.05) is 0 Å². The van der Waals surface area contributed by atoms with Crippen LogP contribution >= 0.6 is 0 Å². The van der Waals surface area contributed by atoms with Gasteiger partial charge in [0.2, 0.25) is 0 Å². The minimum atomic E-state index is -0.557. The fourth-order valence-corrected chi connectivity index (χ4v) is 1.92. The number of hydroxylamine groups is 2. The fraction of sp³-hybridized carbons (Fsp3) is 0.533. The highest BCUT2D eigenvalue weighted by Crippen LogP contribution is 2.25. The summed E-state index contributed by atoms with van der Waals surface area (Å²) in [5, 5.41) is 1.56. The Morgan fingerprint density at radius 3 is 2.81 bits per heavy atom. The largest absolute Gasteiger partial charge is 0.486 e. The molecular weight excluding hydrogens is 275 g/mol. The molecular formula is C15H21FN2O3. The second kappa shape index (κ2) is 5.89. The van der Waals surface area contributed by atoms with Gasteiger partial charge >= 0.3 is 5.97 Å². The molecule has 0 bridgehead atoms. The minimum absolute atomic E-state index is 0.129. The summed E-state index contributed by atoms with van der Waals surface area (Å²) in [5.74, 6) is -0.614. The molecule has 1 saturated heterocycles. The standard InChI is InChI=1S/C15H21FN2O3/c1-15(2,3)14(19)21-18-7-6-11(9-18)20-13-8-10(17)4-5-12(13)16/h4-5,8,11H,6-7,9,17H2,1-3H3/t11-/m0/s1. The van der Waals surface area contributed by atoms with Gasteiger partial charge in [0.05, 0.1) is 12.0 Å². The van der Waals surface area contributed by atoms with Gasteiger partial charge in [-0.15, -0.1) is 5.06 Å². The number of hydrogen-bond donors (Lipinski definition) is 1. The average Bonchev–Trinajstić information content (AvgIpc) is 2.80. The van der Waals surface area contributed by atoms with Crippen molar-refractivity contribution in [3.63, 3.8) is 0 Å². The second-order valence-electron chi connectivity index (χ2n) is 6.24. The van der Waals surface area contributed by atoms with E-state index in [0.29, 0.717) is 25.2 Å². The molecule has 0 unspecified atom stereocenters. The van der Waals surface area contributed by atoms with Gasteiger partial charge in [-0.05, 0) is 32.9 Å². The molecule has 2 N–H and O–H groups in total. The van der Waals surface area contributed by atoms with Crippen molar-refractivity contribution in [3.05, 3.63) is 24.0 Å². The molecule has 1 aromatic rings. The lowest BCUT2D eigenvalue weighted by atomic mass is 9.98. The van der Waals surface area contributed by atoms with Crippen LogP contribution in [0.4, 0.5) is 10.1 Å². The van der Waals surface area contributed by atoms with Gasteiger partial charge in [-0.25, -0.2) is 9.18 Å². The summed E-state index contributed by atoms with van der Waals surface area (Å²) in [6, 6.07) is 4.21. The lowest BCUT2D eigenvalue weighted by molar-refractivity contribution is -0.196. The molecule has 1 aromatic carbocycles. The summed E-state index contributed by atoms with van der Waals surface area (Å²) in [7, 11) is 0. The van der Waals surface area contributed by atoms with E-state index in [1.807, 2.05) is 0 Å². The predicted molar refractivity (Wildman–Crippen MR) is 77.0 cm³/mol. The third kappa shape index (κ3) is 4.07. The van der Waals surface area contributed by atoms with E-state index in [2.05, 4.69) is 0 Å². The molecule has 1 fully saturated rings. The number of nitrogen functional groups attached to an aromatic ring is 1. The molecule has 5 nitrogen and oxygen atoms in total. The van der Waals surface area contributed by atoms with Crippen LogP contribution in [0.25, 0.3) is 0 Å². The van der Waals surface area contributed by atoms with Gasteiger partial charge in [-0.2, -0.15) is 0 Å². The zero-order valence-corrected chi connectivity index (χ0v) is 12.6. The van der Waals surface area contributed by atoms with Crippen molar-refractivity contribution < 1.29 is 18.8 Å². The molecule has 0 aromatic heterocycles. The number of hydrogen-bond acceptors (Lipinski definition) is 5. The Balaban J connectivity index is 1.91. The number of nitrogens with two attached hydrogens (primary N) is 1. The Morgan fingerprint density at radius 1 is 1.43 bits per heavy atom. The number of benzene rings is 1. The lowest BCUT2D eigenvalue weighted by Gasteiger charge is -2.22. The summed E-state index contributed by atoms with van der Waals surface area (Å²) in [6.45, 7) is 6.36. The van der Waals surface area contributed by atoms with Crippen LogP contribution < -0.4 is 10.5 Å². The molecule has 1 heterocycles. The summed E-state index contributed by atoms with van der Waals surface area (Å²) in [6.07, 6.45) is 0.431. The number of carbonyl (C=O) groups is 1. The number of ether oxygens (including phenoxy) is 1. The van der Waals surface area contributed by atoms with Crippen LogP contribution in [0, 0.1) is 11.2 Å². The normalized spacial score (nSPS) is 19.5. The Labute approximate surface area is 123 Å². The van der Waals surface area contributed by atoms with E-state index in [1.54, 1.807) is 25.8 Å². The summed E-state index contributed by atoms with van der Waals surface area (Å²) >= 11 is 0. The fourth-order valence-electron chi connectivity index (χ4n) is 1.92. The highest BCUT2D eigenvalue weighted by molar-refractivity contribution is 5.75. The maximum atomic E-state index is 13.6. The Morgan fingerprint density at radius 2 is 2.14 bits per heavy atom. The van der Waals surface area contributed by atoms with E-state index in [1.165, 1.54) is 18.2 Å². The van der Waals surface area contributed by atoms with Crippen molar-refractivity contribution in [3.8, 4) is 5.75 Å². The molecule has 0 amide bonds. The number of anilines is 1. The Hall–Kier alpha value is -1.82. The van der Waals surface area contributed by atoms with Gasteiger partial charge < -0.3 is 15.3 Å². The van der Waals surface area contributed by atoms with Gasteiger partial charge in [0.1, 0.15) is 6.10 Å². The van der Waals surface area contributed by atoms with Gasteiger partial charge in [0.15, 0.2) is 11.6 Å². The second-order valence-corrected chi connectivity index (χ2v) is 6.24. The first-order valence-corrected chi connectivity index (χ1v) is 6.95. The third-order valence-corrected chi connectivity index (χ3v) is 3.18. The van der Waals surface area contributed by atoms with Gasteiger partial charge in [0.25, 0.3) is 0 Å². The van der Waals surface area contributed by atoms with E-state index in [9.17, 15) is 9.18 Å². The van der Waals surface area contributed by atoms with E-state index in [-0.39, 0.29) is 17.8 Å². The van der Waals surface area contributed by atoms with E-state index in [4.69, 9.17) is 15.3 Å². The zero-order valence-electron chi connectivity index (χ0n) is 12.6. The van der Waals surface area contributed by atoms with Crippen LogP contribution in [0.3, 0.4) is 0 Å². The van der Waals surface area contributed by atoms with Crippen molar-refractivity contribution in [2.45, 2.75) is 33.3 Å². The first-order valence-electron chi connectivity index (χ1n) is 6.95. The average molecular weight is 296 g/mol. The van der Waals surface area contributed by atoms with E-state index in [0.717, 1.165) is 0 Å². The highest BCUT2D eigenvalue weighted by atomic mass is 19.1. The first kappa shape index (κ1) is 15.6. The molecule has 0 radical (unpaired) electrons. The Bertz CT molecular complexity index is 528. The molecule has 0 saturated carbocycles. The van der Waals surface area contributed by atoms with Crippen molar-refractivity contribution in [1.82, 2.24) is 5.06 Å². The molecule has 116 valence electrons. The Kier molecular flexibility index (Phi) is 4.37. The van der Waals surface area contributed by atoms with Crippen LogP contribution in [0.2, 0.25) is 0 Å². The minimum Gasteiger partial charge on any atom is -0.486 e. The van der Waals surface area contributed by atoms with Crippen molar-refractivity contribution in [2.75, 3.05) is 18.8 Å². The van der Waals surface area contributed by atoms with Crippen LogP contribution in [-0.4, -0.2) is 30.2 Å². The van der Waals surface area contributed by atoms with Crippen LogP contribution in [-0.2, 0) is 9.63 Å². The molecule has 0 aliphatic carbocycles. The summed E-state index contributed by atoms with van der Waals surface area (Å²) < 4.78 is 19.2.